The van der Waals surface area contributed by atoms with E-state index in [1.54, 1.807) is 54.3 Å². The lowest BCUT2D eigenvalue weighted by atomic mass is 10.2. The lowest BCUT2D eigenvalue weighted by Crippen LogP contribution is -2.16. The van der Waals surface area contributed by atoms with Crippen LogP contribution in [0.25, 0.3) is 5.69 Å². The second-order valence-electron chi connectivity index (χ2n) is 5.57. The van der Waals surface area contributed by atoms with Crippen molar-refractivity contribution < 1.29 is 9.53 Å². The smallest absolute Gasteiger partial charge is 0.278 e. The number of nitrogens with one attached hydrogen (secondary N) is 1. The van der Waals surface area contributed by atoms with Gasteiger partial charge in [0, 0.05) is 22.8 Å². The number of carbonyl (C=O) groups excluding carboxylic acids is 1. The van der Waals surface area contributed by atoms with Crippen LogP contribution >= 0.6 is 23.2 Å². The summed E-state index contributed by atoms with van der Waals surface area (Å²) in [4.78, 5) is 12.7. The largest absolute Gasteiger partial charge is 0.378 e. The topological polar surface area (TPSA) is 69.0 Å². The van der Waals surface area contributed by atoms with Crippen LogP contribution < -0.4 is 5.32 Å². The first-order chi connectivity index (χ1) is 12.5. The van der Waals surface area contributed by atoms with Gasteiger partial charge in [-0.1, -0.05) is 34.5 Å². The fraction of sp³-hybridized carbons (Fsp3) is 0.167. The standard InChI is InChI=1S/C18H16Cl2N4O2/c1-11-14(20)4-3-5-15(11)21-18(25)17-16(10-26-2)24(23-22-17)13-8-6-12(19)7-9-13/h3-9H,10H2,1-2H3,(H,21,25). The molecule has 1 N–H and O–H groups in total. The molecule has 0 aliphatic heterocycles. The van der Waals surface area contributed by atoms with E-state index >= 15 is 0 Å². The number of hydrogen-bond acceptors (Lipinski definition) is 4. The van der Waals surface area contributed by atoms with Gasteiger partial charge in [0.2, 0.25) is 0 Å². The van der Waals surface area contributed by atoms with Crippen LogP contribution in [-0.4, -0.2) is 28.0 Å². The molecule has 0 aliphatic carbocycles. The van der Waals surface area contributed by atoms with E-state index in [1.165, 1.54) is 0 Å². The Morgan fingerprint density at radius 1 is 1.19 bits per heavy atom. The number of methoxy groups -OCH3 is 1. The maximum absolute atomic E-state index is 12.7. The van der Waals surface area contributed by atoms with E-state index in [0.29, 0.717) is 21.4 Å². The highest BCUT2D eigenvalue weighted by Crippen LogP contribution is 2.24. The second-order valence-corrected chi connectivity index (χ2v) is 6.42. The van der Waals surface area contributed by atoms with Gasteiger partial charge in [-0.05, 0) is 48.9 Å². The molecule has 0 unspecified atom stereocenters. The SMILES string of the molecule is COCc1c(C(=O)Nc2cccc(Cl)c2C)nnn1-c1ccc(Cl)cc1. The van der Waals surface area contributed by atoms with Crippen molar-refractivity contribution in [3.63, 3.8) is 0 Å². The summed E-state index contributed by atoms with van der Waals surface area (Å²) < 4.78 is 6.78. The summed E-state index contributed by atoms with van der Waals surface area (Å²) >= 11 is 12.0. The molecule has 26 heavy (non-hydrogen) atoms. The normalized spacial score (nSPS) is 10.8. The van der Waals surface area contributed by atoms with Gasteiger partial charge in [0.25, 0.3) is 5.91 Å². The van der Waals surface area contributed by atoms with Crippen molar-refractivity contribution >= 4 is 34.8 Å². The highest BCUT2D eigenvalue weighted by molar-refractivity contribution is 6.31. The minimum Gasteiger partial charge on any atom is -0.378 e. The fourth-order valence-electron chi connectivity index (χ4n) is 2.46. The van der Waals surface area contributed by atoms with Crippen LogP contribution in [0.1, 0.15) is 21.7 Å². The lowest BCUT2D eigenvalue weighted by molar-refractivity contribution is 0.101. The number of anilines is 1. The fourth-order valence-corrected chi connectivity index (χ4v) is 2.76. The molecular formula is C18H16Cl2N4O2. The molecule has 0 saturated heterocycles. The first-order valence-corrected chi connectivity index (χ1v) is 8.52. The molecule has 0 bridgehead atoms. The molecule has 0 atom stereocenters. The number of amides is 1. The molecule has 3 rings (SSSR count). The van der Waals surface area contributed by atoms with Crippen molar-refractivity contribution in [3.05, 3.63) is 69.5 Å². The first-order valence-electron chi connectivity index (χ1n) is 7.77. The molecule has 1 amide bonds. The van der Waals surface area contributed by atoms with Crippen molar-refractivity contribution in [2.75, 3.05) is 12.4 Å². The predicted octanol–water partition coefficient (Wildman–Crippen LogP) is 4.28. The number of aromatic nitrogens is 3. The van der Waals surface area contributed by atoms with Gasteiger partial charge in [0.1, 0.15) is 5.69 Å². The van der Waals surface area contributed by atoms with Crippen molar-refractivity contribution in [2.45, 2.75) is 13.5 Å². The van der Waals surface area contributed by atoms with Crippen LogP contribution in [0.4, 0.5) is 5.69 Å². The van der Waals surface area contributed by atoms with Crippen LogP contribution in [0.2, 0.25) is 10.0 Å². The van der Waals surface area contributed by atoms with Crippen molar-refractivity contribution in [2.24, 2.45) is 0 Å². The van der Waals surface area contributed by atoms with Crippen LogP contribution in [0.5, 0.6) is 0 Å². The Morgan fingerprint density at radius 3 is 2.62 bits per heavy atom. The van der Waals surface area contributed by atoms with Gasteiger partial charge in [0.05, 0.1) is 12.3 Å². The summed E-state index contributed by atoms with van der Waals surface area (Å²) in [7, 11) is 1.54. The Morgan fingerprint density at radius 2 is 1.92 bits per heavy atom. The Hall–Kier alpha value is -2.41. The molecule has 0 aliphatic rings. The molecule has 2 aromatic carbocycles. The van der Waals surface area contributed by atoms with Gasteiger partial charge in [-0.2, -0.15) is 0 Å². The lowest BCUT2D eigenvalue weighted by Gasteiger charge is -2.10. The zero-order valence-corrected chi connectivity index (χ0v) is 15.7. The van der Waals surface area contributed by atoms with Crippen LogP contribution in [0.3, 0.4) is 0 Å². The zero-order valence-electron chi connectivity index (χ0n) is 14.2. The third-order valence-electron chi connectivity index (χ3n) is 3.85. The van der Waals surface area contributed by atoms with Crippen LogP contribution in [0.15, 0.2) is 42.5 Å². The third-order valence-corrected chi connectivity index (χ3v) is 4.51. The number of hydrogen-bond donors (Lipinski definition) is 1. The van der Waals surface area contributed by atoms with Crippen molar-refractivity contribution in [1.82, 2.24) is 15.0 Å². The molecule has 6 nitrogen and oxygen atoms in total. The summed E-state index contributed by atoms with van der Waals surface area (Å²) in [5.41, 5.74) is 2.84. The Bertz CT molecular complexity index is 939. The number of halogens is 2. The average Bonchev–Trinajstić information content (AvgIpc) is 3.04. The van der Waals surface area contributed by atoms with Gasteiger partial charge in [0.15, 0.2) is 5.69 Å². The maximum atomic E-state index is 12.7. The number of rotatable bonds is 5. The highest BCUT2D eigenvalue weighted by Gasteiger charge is 2.21. The number of carbonyl (C=O) groups is 1. The maximum Gasteiger partial charge on any atom is 0.278 e. The molecule has 0 fully saturated rings. The van der Waals surface area contributed by atoms with Crippen molar-refractivity contribution in [3.8, 4) is 5.69 Å². The quantitative estimate of drug-likeness (QED) is 0.705. The van der Waals surface area contributed by atoms with Gasteiger partial charge in [-0.3, -0.25) is 4.79 Å². The zero-order chi connectivity index (χ0) is 18.7. The van der Waals surface area contributed by atoms with E-state index in [9.17, 15) is 4.79 Å². The average molecular weight is 391 g/mol. The van der Waals surface area contributed by atoms with Gasteiger partial charge in [-0.25, -0.2) is 4.68 Å². The summed E-state index contributed by atoms with van der Waals surface area (Å²) in [6, 6.07) is 12.4. The first kappa shape index (κ1) is 18.4. The molecule has 0 saturated carbocycles. The Labute approximate surface area is 160 Å². The third kappa shape index (κ3) is 3.72. The number of benzene rings is 2. The predicted molar refractivity (Wildman–Crippen MR) is 101 cm³/mol. The van der Waals surface area contributed by atoms with E-state index in [0.717, 1.165) is 11.3 Å². The Kier molecular flexibility index (Phi) is 5.56. The summed E-state index contributed by atoms with van der Waals surface area (Å²) in [6.45, 7) is 2.01. The van der Waals surface area contributed by atoms with Gasteiger partial charge < -0.3 is 10.1 Å². The van der Waals surface area contributed by atoms with Crippen LogP contribution in [0, 0.1) is 6.92 Å². The Balaban J connectivity index is 1.95. The molecule has 3 aromatic rings. The second kappa shape index (κ2) is 7.86. The molecule has 0 radical (unpaired) electrons. The molecule has 134 valence electrons. The monoisotopic (exact) mass is 390 g/mol. The van der Waals surface area contributed by atoms with E-state index in [1.807, 2.05) is 6.92 Å². The van der Waals surface area contributed by atoms with Gasteiger partial charge >= 0.3 is 0 Å². The van der Waals surface area contributed by atoms with Crippen molar-refractivity contribution in [1.29, 1.82) is 0 Å². The van der Waals surface area contributed by atoms with E-state index in [2.05, 4.69) is 15.6 Å². The number of nitrogens with zero attached hydrogens (tertiary/aromatic N) is 3. The van der Waals surface area contributed by atoms with E-state index < -0.39 is 0 Å². The molecule has 1 aromatic heterocycles. The van der Waals surface area contributed by atoms with E-state index in [4.69, 9.17) is 27.9 Å². The van der Waals surface area contributed by atoms with Gasteiger partial charge in [-0.15, -0.1) is 5.10 Å². The van der Waals surface area contributed by atoms with E-state index in [-0.39, 0.29) is 18.2 Å². The minimum atomic E-state index is -0.386. The summed E-state index contributed by atoms with van der Waals surface area (Å²) in [6.07, 6.45) is 0. The molecule has 8 heteroatoms. The highest BCUT2D eigenvalue weighted by atomic mass is 35.5. The molecular weight excluding hydrogens is 375 g/mol. The number of ether oxygens (including phenoxy) is 1. The summed E-state index contributed by atoms with van der Waals surface area (Å²) in [5, 5.41) is 12.1. The van der Waals surface area contributed by atoms with Crippen LogP contribution in [-0.2, 0) is 11.3 Å². The minimum absolute atomic E-state index is 0.174. The summed E-state index contributed by atoms with van der Waals surface area (Å²) in [5.74, 6) is -0.386. The molecule has 0 spiro atoms. The molecule has 1 heterocycles.